The Balaban J connectivity index is 2.55. The molecule has 0 amide bonds. The molecule has 16 heavy (non-hydrogen) atoms. The summed E-state index contributed by atoms with van der Waals surface area (Å²) < 4.78 is 7.26. The normalized spacial score (nSPS) is 13.1. The van der Waals surface area contributed by atoms with E-state index in [2.05, 4.69) is 35.6 Å². The molecule has 92 valence electrons. The number of nitrogens with one attached hydrogen (secondary N) is 1. The molecule has 0 radical (unpaired) electrons. The second-order valence-electron chi connectivity index (χ2n) is 4.56. The van der Waals surface area contributed by atoms with E-state index in [1.165, 1.54) is 0 Å². The van der Waals surface area contributed by atoms with E-state index in [-0.39, 0.29) is 0 Å². The third-order valence-corrected chi connectivity index (χ3v) is 2.55. The number of anilines is 1. The second-order valence-corrected chi connectivity index (χ2v) is 4.56. The molecule has 0 aromatic carbocycles. The lowest BCUT2D eigenvalue weighted by molar-refractivity contribution is 0.181. The zero-order valence-corrected chi connectivity index (χ0v) is 10.7. The highest BCUT2D eigenvalue weighted by Gasteiger charge is 2.09. The second kappa shape index (κ2) is 6.53. The largest absolute Gasteiger partial charge is 0.385 e. The molecule has 1 unspecified atom stereocenters. The quantitative estimate of drug-likeness (QED) is 0.775. The van der Waals surface area contributed by atoms with Crippen molar-refractivity contribution in [3.63, 3.8) is 0 Å². The molecule has 0 fully saturated rings. The molecule has 1 heterocycles. The fourth-order valence-electron chi connectivity index (χ4n) is 1.53. The van der Waals surface area contributed by atoms with Crippen LogP contribution in [0.5, 0.6) is 0 Å². The number of hydrogen-bond donors (Lipinski definition) is 1. The Morgan fingerprint density at radius 3 is 2.81 bits per heavy atom. The van der Waals surface area contributed by atoms with Gasteiger partial charge in [-0.25, -0.2) is 4.98 Å². The summed E-state index contributed by atoms with van der Waals surface area (Å²) in [5.41, 5.74) is 0. The van der Waals surface area contributed by atoms with Crippen LogP contribution in [-0.4, -0.2) is 29.8 Å². The molecule has 1 aromatic rings. The van der Waals surface area contributed by atoms with Crippen LogP contribution in [0.3, 0.4) is 0 Å². The molecule has 4 heteroatoms. The van der Waals surface area contributed by atoms with Crippen LogP contribution in [0.25, 0.3) is 0 Å². The molecule has 0 aliphatic heterocycles. The Labute approximate surface area is 98.0 Å². The highest BCUT2D eigenvalue weighted by molar-refractivity contribution is 5.26. The van der Waals surface area contributed by atoms with Gasteiger partial charge in [0.1, 0.15) is 0 Å². The van der Waals surface area contributed by atoms with Crippen LogP contribution >= 0.6 is 0 Å². The monoisotopic (exact) mass is 225 g/mol. The zero-order valence-electron chi connectivity index (χ0n) is 10.7. The Bertz CT molecular complexity index is 296. The molecular weight excluding hydrogens is 202 g/mol. The van der Waals surface area contributed by atoms with Crippen molar-refractivity contribution in [1.29, 1.82) is 0 Å². The van der Waals surface area contributed by atoms with Crippen LogP contribution in [0.15, 0.2) is 12.4 Å². The average Bonchev–Trinajstić information content (AvgIpc) is 2.71. The summed E-state index contributed by atoms with van der Waals surface area (Å²) in [4.78, 5) is 4.33. The van der Waals surface area contributed by atoms with Crippen LogP contribution < -0.4 is 5.32 Å². The lowest BCUT2D eigenvalue weighted by Gasteiger charge is -2.17. The highest BCUT2D eigenvalue weighted by Crippen LogP contribution is 2.16. The van der Waals surface area contributed by atoms with Gasteiger partial charge in [-0.1, -0.05) is 13.8 Å². The number of nitrogens with zero attached hydrogens (tertiary/aromatic N) is 2. The number of methoxy groups -OCH3 is 1. The van der Waals surface area contributed by atoms with E-state index in [0.717, 1.165) is 25.5 Å². The van der Waals surface area contributed by atoms with E-state index in [0.29, 0.717) is 12.0 Å². The summed E-state index contributed by atoms with van der Waals surface area (Å²) in [5.74, 6) is 1.58. The van der Waals surface area contributed by atoms with Gasteiger partial charge in [-0.3, -0.25) is 0 Å². The van der Waals surface area contributed by atoms with Gasteiger partial charge >= 0.3 is 0 Å². The van der Waals surface area contributed by atoms with Crippen molar-refractivity contribution in [1.82, 2.24) is 9.55 Å². The number of rotatable bonds is 7. The maximum atomic E-state index is 5.09. The molecule has 1 atom stereocenters. The third kappa shape index (κ3) is 3.85. The Morgan fingerprint density at radius 1 is 1.44 bits per heavy atom. The summed E-state index contributed by atoms with van der Waals surface area (Å²) in [6, 6.07) is 0.414. The van der Waals surface area contributed by atoms with Crippen molar-refractivity contribution >= 4 is 5.95 Å². The summed E-state index contributed by atoms with van der Waals surface area (Å²) in [5, 5.41) is 3.36. The van der Waals surface area contributed by atoms with E-state index in [4.69, 9.17) is 4.74 Å². The van der Waals surface area contributed by atoms with Crippen LogP contribution in [-0.2, 0) is 4.74 Å². The molecule has 0 aliphatic carbocycles. The third-order valence-electron chi connectivity index (χ3n) is 2.55. The number of ether oxygens (including phenoxy) is 1. The predicted octanol–water partition coefficient (Wildman–Crippen LogP) is 2.55. The van der Waals surface area contributed by atoms with Crippen molar-refractivity contribution in [3.05, 3.63) is 12.4 Å². The maximum Gasteiger partial charge on any atom is 0.203 e. The Hall–Kier alpha value is -1.03. The van der Waals surface area contributed by atoms with Crippen molar-refractivity contribution in [2.75, 3.05) is 25.6 Å². The van der Waals surface area contributed by atoms with E-state index in [1.807, 2.05) is 12.4 Å². The van der Waals surface area contributed by atoms with Crippen molar-refractivity contribution in [3.8, 4) is 0 Å². The van der Waals surface area contributed by atoms with Gasteiger partial charge < -0.3 is 14.6 Å². The molecule has 0 spiro atoms. The van der Waals surface area contributed by atoms with Crippen molar-refractivity contribution in [2.24, 2.45) is 5.92 Å². The summed E-state index contributed by atoms with van der Waals surface area (Å²) >= 11 is 0. The molecule has 0 aliphatic rings. The summed E-state index contributed by atoms with van der Waals surface area (Å²) in [6.07, 6.45) is 4.86. The fourth-order valence-corrected chi connectivity index (χ4v) is 1.53. The first-order valence-electron chi connectivity index (χ1n) is 5.90. The molecule has 1 aromatic heterocycles. The zero-order chi connectivity index (χ0) is 12.0. The van der Waals surface area contributed by atoms with Gasteiger partial charge in [0.25, 0.3) is 0 Å². The molecule has 0 saturated carbocycles. The van der Waals surface area contributed by atoms with Gasteiger partial charge in [0.05, 0.1) is 0 Å². The van der Waals surface area contributed by atoms with Crippen LogP contribution in [0.4, 0.5) is 5.95 Å². The van der Waals surface area contributed by atoms with Gasteiger partial charge in [-0.2, -0.15) is 0 Å². The maximum absolute atomic E-state index is 5.09. The predicted molar refractivity (Wildman–Crippen MR) is 66.8 cm³/mol. The van der Waals surface area contributed by atoms with Gasteiger partial charge in [-0.15, -0.1) is 0 Å². The fraction of sp³-hybridized carbons (Fsp3) is 0.750. The van der Waals surface area contributed by atoms with Gasteiger partial charge in [-0.05, 0) is 19.3 Å². The van der Waals surface area contributed by atoms with Crippen molar-refractivity contribution < 1.29 is 4.74 Å². The molecule has 1 rings (SSSR count). The van der Waals surface area contributed by atoms with E-state index in [1.54, 1.807) is 7.11 Å². The van der Waals surface area contributed by atoms with E-state index >= 15 is 0 Å². The minimum atomic E-state index is 0.414. The summed E-state index contributed by atoms with van der Waals surface area (Å²) in [7, 11) is 1.73. The highest BCUT2D eigenvalue weighted by atomic mass is 16.5. The van der Waals surface area contributed by atoms with Gasteiger partial charge in [0.2, 0.25) is 5.95 Å². The van der Waals surface area contributed by atoms with Gasteiger partial charge in [0.15, 0.2) is 0 Å². The topological polar surface area (TPSA) is 39.1 Å². The number of hydrogen-bond acceptors (Lipinski definition) is 3. The van der Waals surface area contributed by atoms with E-state index < -0.39 is 0 Å². The molecule has 1 N–H and O–H groups in total. The number of imidazole rings is 1. The Kier molecular flexibility index (Phi) is 5.32. The van der Waals surface area contributed by atoms with Gasteiger partial charge in [0, 0.05) is 38.7 Å². The minimum Gasteiger partial charge on any atom is -0.385 e. The number of aromatic nitrogens is 2. The van der Waals surface area contributed by atoms with Crippen LogP contribution in [0.1, 0.15) is 33.2 Å². The first kappa shape index (κ1) is 13.0. The van der Waals surface area contributed by atoms with Crippen LogP contribution in [0, 0.1) is 5.92 Å². The van der Waals surface area contributed by atoms with Crippen molar-refractivity contribution in [2.45, 2.75) is 33.2 Å². The lowest BCUT2D eigenvalue weighted by atomic mass is 10.2. The smallest absolute Gasteiger partial charge is 0.203 e. The molecule has 4 nitrogen and oxygen atoms in total. The minimum absolute atomic E-state index is 0.414. The van der Waals surface area contributed by atoms with E-state index in [9.17, 15) is 0 Å². The molecular formula is C12H23N3O. The SMILES string of the molecule is COCCC(C)n1ccnc1NCC(C)C. The molecule has 0 saturated heterocycles. The summed E-state index contributed by atoms with van der Waals surface area (Å²) in [6.45, 7) is 8.29. The van der Waals surface area contributed by atoms with Crippen LogP contribution in [0.2, 0.25) is 0 Å². The molecule has 0 bridgehead atoms. The average molecular weight is 225 g/mol. The standard InChI is InChI=1S/C12H23N3O/c1-10(2)9-14-12-13-6-7-15(12)11(3)5-8-16-4/h6-7,10-11H,5,8-9H2,1-4H3,(H,13,14). The lowest BCUT2D eigenvalue weighted by Crippen LogP contribution is -2.15. The Morgan fingerprint density at radius 2 is 2.19 bits per heavy atom. The first-order valence-corrected chi connectivity index (χ1v) is 5.90. The first-order chi connectivity index (χ1) is 7.65.